The number of hydrogen-bond acceptors (Lipinski definition) is 5. The van der Waals surface area contributed by atoms with Gasteiger partial charge in [0.1, 0.15) is 0 Å². The molecule has 0 saturated carbocycles. The van der Waals surface area contributed by atoms with E-state index in [4.69, 9.17) is 9.47 Å². The van der Waals surface area contributed by atoms with Gasteiger partial charge in [-0.05, 0) is 36.4 Å². The molecule has 126 valence electrons. The predicted octanol–water partition coefficient (Wildman–Crippen LogP) is 3.64. The molecule has 0 spiro atoms. The monoisotopic (exact) mass is 345 g/mol. The second-order valence-corrected chi connectivity index (χ2v) is 6.04. The molecule has 5 nitrogen and oxygen atoms in total. The van der Waals surface area contributed by atoms with Crippen LogP contribution in [-0.4, -0.2) is 31.7 Å². The Kier molecular flexibility index (Phi) is 6.26. The Morgan fingerprint density at radius 3 is 2.46 bits per heavy atom. The standard InChI is InChI=1S/C18H19NO4S/c1-12(20)19-14-5-4-6-15(10-14)24-11-16(21)13-7-8-17(22-2)18(9-13)23-3/h4-10H,11H2,1-3H3,(H,19,20). The zero-order chi connectivity index (χ0) is 17.5. The van der Waals surface area contributed by atoms with Gasteiger partial charge in [0.25, 0.3) is 0 Å². The van der Waals surface area contributed by atoms with Gasteiger partial charge in [-0.2, -0.15) is 0 Å². The number of carbonyl (C=O) groups is 2. The van der Waals surface area contributed by atoms with E-state index >= 15 is 0 Å². The first kappa shape index (κ1) is 17.9. The highest BCUT2D eigenvalue weighted by molar-refractivity contribution is 8.00. The zero-order valence-electron chi connectivity index (χ0n) is 13.8. The number of ketones is 1. The molecular weight excluding hydrogens is 326 g/mol. The molecule has 0 heterocycles. The molecular formula is C18H19NO4S. The van der Waals surface area contributed by atoms with Crippen LogP contribution in [0.25, 0.3) is 0 Å². The zero-order valence-corrected chi connectivity index (χ0v) is 14.6. The molecule has 2 rings (SSSR count). The van der Waals surface area contributed by atoms with Crippen molar-refractivity contribution in [2.24, 2.45) is 0 Å². The number of rotatable bonds is 7. The fraction of sp³-hybridized carbons (Fsp3) is 0.222. The lowest BCUT2D eigenvalue weighted by Crippen LogP contribution is -2.06. The summed E-state index contributed by atoms with van der Waals surface area (Å²) in [5.74, 6) is 1.27. The molecule has 1 N–H and O–H groups in total. The van der Waals surface area contributed by atoms with Crippen molar-refractivity contribution in [1.82, 2.24) is 0 Å². The van der Waals surface area contributed by atoms with Crippen LogP contribution in [0.5, 0.6) is 11.5 Å². The number of anilines is 1. The minimum atomic E-state index is -0.126. The number of amides is 1. The number of benzene rings is 2. The first-order valence-electron chi connectivity index (χ1n) is 7.29. The molecule has 0 aliphatic heterocycles. The Bertz CT molecular complexity index is 746. The maximum absolute atomic E-state index is 12.4. The van der Waals surface area contributed by atoms with E-state index in [2.05, 4.69) is 5.32 Å². The highest BCUT2D eigenvalue weighted by Gasteiger charge is 2.11. The smallest absolute Gasteiger partial charge is 0.221 e. The van der Waals surface area contributed by atoms with Crippen LogP contribution < -0.4 is 14.8 Å². The van der Waals surface area contributed by atoms with Crippen molar-refractivity contribution in [3.05, 3.63) is 48.0 Å². The van der Waals surface area contributed by atoms with E-state index in [1.165, 1.54) is 25.8 Å². The molecule has 6 heteroatoms. The van der Waals surface area contributed by atoms with Gasteiger partial charge in [-0.1, -0.05) is 6.07 Å². The number of hydrogen-bond donors (Lipinski definition) is 1. The third kappa shape index (κ3) is 4.76. The van der Waals surface area contributed by atoms with Gasteiger partial charge in [-0.15, -0.1) is 11.8 Å². The Morgan fingerprint density at radius 1 is 1.04 bits per heavy atom. The summed E-state index contributed by atoms with van der Waals surface area (Å²) in [7, 11) is 3.09. The average Bonchev–Trinajstić information content (AvgIpc) is 2.58. The Hall–Kier alpha value is -2.47. The van der Waals surface area contributed by atoms with E-state index in [-0.39, 0.29) is 11.7 Å². The third-order valence-corrected chi connectivity index (χ3v) is 4.22. The first-order valence-corrected chi connectivity index (χ1v) is 8.27. The number of ether oxygens (including phenoxy) is 2. The van der Waals surface area contributed by atoms with Gasteiger partial charge in [0.05, 0.1) is 20.0 Å². The van der Waals surface area contributed by atoms with E-state index in [1.807, 2.05) is 24.3 Å². The minimum Gasteiger partial charge on any atom is -0.493 e. The molecule has 0 unspecified atom stereocenters. The minimum absolute atomic E-state index is 0.00844. The Balaban J connectivity index is 2.04. The summed E-state index contributed by atoms with van der Waals surface area (Å²) in [6, 6.07) is 12.5. The first-order chi connectivity index (χ1) is 11.5. The van der Waals surface area contributed by atoms with Gasteiger partial charge >= 0.3 is 0 Å². The molecule has 0 aliphatic carbocycles. The molecule has 0 atom stereocenters. The summed E-state index contributed by atoms with van der Waals surface area (Å²) in [4.78, 5) is 24.4. The second-order valence-electron chi connectivity index (χ2n) is 4.99. The quantitative estimate of drug-likeness (QED) is 0.613. The van der Waals surface area contributed by atoms with Gasteiger partial charge in [-0.25, -0.2) is 0 Å². The van der Waals surface area contributed by atoms with Gasteiger partial charge in [0.2, 0.25) is 5.91 Å². The normalized spacial score (nSPS) is 10.1. The number of carbonyl (C=O) groups excluding carboxylic acids is 2. The SMILES string of the molecule is COc1ccc(C(=O)CSc2cccc(NC(C)=O)c2)cc1OC. The number of thioether (sulfide) groups is 1. The van der Waals surface area contributed by atoms with Crippen molar-refractivity contribution in [3.8, 4) is 11.5 Å². The topological polar surface area (TPSA) is 64.6 Å². The van der Waals surface area contributed by atoms with Crippen LogP contribution in [0.15, 0.2) is 47.4 Å². The fourth-order valence-electron chi connectivity index (χ4n) is 2.11. The van der Waals surface area contributed by atoms with Crippen LogP contribution in [-0.2, 0) is 4.79 Å². The average molecular weight is 345 g/mol. The second kappa shape index (κ2) is 8.40. The summed E-state index contributed by atoms with van der Waals surface area (Å²) < 4.78 is 10.4. The highest BCUT2D eigenvalue weighted by Crippen LogP contribution is 2.29. The van der Waals surface area contributed by atoms with Crippen molar-refractivity contribution in [1.29, 1.82) is 0 Å². The molecule has 0 aromatic heterocycles. The number of methoxy groups -OCH3 is 2. The fourth-order valence-corrected chi connectivity index (χ4v) is 2.96. The number of Topliss-reactive ketones (excluding diaryl/α,β-unsaturated/α-hetero) is 1. The number of nitrogens with one attached hydrogen (secondary N) is 1. The van der Waals surface area contributed by atoms with Crippen molar-refractivity contribution in [2.45, 2.75) is 11.8 Å². The van der Waals surface area contributed by atoms with Crippen LogP contribution in [0.4, 0.5) is 5.69 Å². The predicted molar refractivity (Wildman–Crippen MR) is 95.3 cm³/mol. The molecule has 0 radical (unpaired) electrons. The van der Waals surface area contributed by atoms with Crippen molar-refractivity contribution in [2.75, 3.05) is 25.3 Å². The van der Waals surface area contributed by atoms with Crippen molar-refractivity contribution < 1.29 is 19.1 Å². The maximum Gasteiger partial charge on any atom is 0.221 e. The molecule has 2 aromatic rings. The summed E-state index contributed by atoms with van der Waals surface area (Å²) in [6.45, 7) is 1.46. The highest BCUT2D eigenvalue weighted by atomic mass is 32.2. The van der Waals surface area contributed by atoms with Crippen LogP contribution in [0, 0.1) is 0 Å². The summed E-state index contributed by atoms with van der Waals surface area (Å²) in [5.41, 5.74) is 1.28. The van der Waals surface area contributed by atoms with E-state index in [0.29, 0.717) is 28.5 Å². The molecule has 0 fully saturated rings. The molecule has 0 saturated heterocycles. The van der Waals surface area contributed by atoms with Crippen LogP contribution in [0.3, 0.4) is 0 Å². The lowest BCUT2D eigenvalue weighted by atomic mass is 10.1. The van der Waals surface area contributed by atoms with Crippen LogP contribution >= 0.6 is 11.8 Å². The molecule has 0 aliphatic rings. The Morgan fingerprint density at radius 2 is 1.79 bits per heavy atom. The van der Waals surface area contributed by atoms with Crippen LogP contribution in [0.2, 0.25) is 0 Å². The lowest BCUT2D eigenvalue weighted by Gasteiger charge is -2.09. The molecule has 0 bridgehead atoms. The van der Waals surface area contributed by atoms with Crippen molar-refractivity contribution >= 4 is 29.1 Å². The van der Waals surface area contributed by atoms with Gasteiger partial charge < -0.3 is 14.8 Å². The van der Waals surface area contributed by atoms with E-state index in [1.54, 1.807) is 25.3 Å². The largest absolute Gasteiger partial charge is 0.493 e. The van der Waals surface area contributed by atoms with Crippen LogP contribution in [0.1, 0.15) is 17.3 Å². The molecule has 2 aromatic carbocycles. The third-order valence-electron chi connectivity index (χ3n) is 3.23. The van der Waals surface area contributed by atoms with Gasteiger partial charge in [0.15, 0.2) is 17.3 Å². The van der Waals surface area contributed by atoms with E-state index in [9.17, 15) is 9.59 Å². The lowest BCUT2D eigenvalue weighted by molar-refractivity contribution is -0.114. The molecule has 1 amide bonds. The summed E-state index contributed by atoms with van der Waals surface area (Å²) >= 11 is 1.42. The van der Waals surface area contributed by atoms with Gasteiger partial charge in [0, 0.05) is 23.1 Å². The Labute approximate surface area is 145 Å². The van der Waals surface area contributed by atoms with Gasteiger partial charge in [-0.3, -0.25) is 9.59 Å². The summed E-state index contributed by atoms with van der Waals surface area (Å²) in [5, 5.41) is 2.72. The molecule has 24 heavy (non-hydrogen) atoms. The summed E-state index contributed by atoms with van der Waals surface area (Å²) in [6.07, 6.45) is 0. The van der Waals surface area contributed by atoms with E-state index in [0.717, 1.165) is 4.90 Å². The maximum atomic E-state index is 12.4. The van der Waals surface area contributed by atoms with Crippen molar-refractivity contribution in [3.63, 3.8) is 0 Å². The van der Waals surface area contributed by atoms with E-state index < -0.39 is 0 Å².